The zero-order chi connectivity index (χ0) is 17.6. The molecule has 0 aromatic carbocycles. The summed E-state index contributed by atoms with van der Waals surface area (Å²) in [6.07, 6.45) is 6.92. The Morgan fingerprint density at radius 1 is 1.40 bits per heavy atom. The van der Waals surface area contributed by atoms with Crippen LogP contribution in [0.25, 0.3) is 0 Å². The van der Waals surface area contributed by atoms with Crippen molar-refractivity contribution in [2.24, 2.45) is 0 Å². The molecule has 0 aliphatic carbocycles. The minimum absolute atomic E-state index is 0.210. The number of likely N-dealkylation sites (tertiary alicyclic amines) is 1. The van der Waals surface area contributed by atoms with Gasteiger partial charge in [0, 0.05) is 13.0 Å². The van der Waals surface area contributed by atoms with Crippen molar-refractivity contribution in [1.29, 1.82) is 0 Å². The van der Waals surface area contributed by atoms with Gasteiger partial charge in [-0.15, -0.1) is 10.2 Å². The molecule has 1 saturated heterocycles. The Bertz CT molecular complexity index is 713. The minimum Gasteiger partial charge on any atom is -0.459 e. The van der Waals surface area contributed by atoms with E-state index in [9.17, 15) is 9.59 Å². The summed E-state index contributed by atoms with van der Waals surface area (Å²) in [4.78, 5) is 26.8. The summed E-state index contributed by atoms with van der Waals surface area (Å²) >= 11 is 1.40. The number of nitrogens with zero attached hydrogens (tertiary/aromatic N) is 3. The van der Waals surface area contributed by atoms with Crippen molar-refractivity contribution in [1.82, 2.24) is 15.1 Å². The van der Waals surface area contributed by atoms with Crippen molar-refractivity contribution >= 4 is 28.3 Å². The van der Waals surface area contributed by atoms with Crippen LogP contribution in [-0.2, 0) is 11.2 Å². The number of furan rings is 1. The second-order valence-corrected chi connectivity index (χ2v) is 7.14. The molecule has 2 aromatic heterocycles. The summed E-state index contributed by atoms with van der Waals surface area (Å²) in [6, 6.07) is 2.79. The molecule has 3 heterocycles. The Kier molecular flexibility index (Phi) is 5.80. The van der Waals surface area contributed by atoms with Gasteiger partial charge in [0.2, 0.25) is 11.0 Å². The van der Waals surface area contributed by atoms with Crippen LogP contribution in [0.5, 0.6) is 0 Å². The van der Waals surface area contributed by atoms with E-state index in [0.717, 1.165) is 37.1 Å². The first-order valence-corrected chi connectivity index (χ1v) is 9.48. The zero-order valence-corrected chi connectivity index (χ0v) is 15.1. The number of piperidine rings is 1. The first-order valence-electron chi connectivity index (χ1n) is 8.66. The lowest BCUT2D eigenvalue weighted by Crippen LogP contribution is -2.49. The number of amides is 2. The van der Waals surface area contributed by atoms with E-state index in [2.05, 4.69) is 22.4 Å². The van der Waals surface area contributed by atoms with Crippen molar-refractivity contribution in [3.8, 4) is 0 Å². The van der Waals surface area contributed by atoms with Crippen molar-refractivity contribution in [3.05, 3.63) is 29.2 Å². The van der Waals surface area contributed by atoms with Gasteiger partial charge < -0.3 is 9.32 Å². The van der Waals surface area contributed by atoms with Gasteiger partial charge in [-0.1, -0.05) is 24.7 Å². The maximum Gasteiger partial charge on any atom is 0.290 e. The van der Waals surface area contributed by atoms with Crippen LogP contribution in [0.3, 0.4) is 0 Å². The van der Waals surface area contributed by atoms with Crippen molar-refractivity contribution in [2.75, 3.05) is 11.9 Å². The maximum atomic E-state index is 12.7. The molecule has 1 unspecified atom stereocenters. The number of unbranched alkanes of at least 4 members (excludes halogenated alkanes) is 1. The topological polar surface area (TPSA) is 88.3 Å². The van der Waals surface area contributed by atoms with Crippen LogP contribution in [0.15, 0.2) is 22.8 Å². The third-order valence-electron chi connectivity index (χ3n) is 4.24. The number of aromatic nitrogens is 2. The molecule has 2 aromatic rings. The van der Waals surface area contributed by atoms with Gasteiger partial charge in [0.25, 0.3) is 5.91 Å². The number of carbonyl (C=O) groups excluding carboxylic acids is 2. The Balaban J connectivity index is 1.66. The second-order valence-electron chi connectivity index (χ2n) is 6.08. The van der Waals surface area contributed by atoms with E-state index in [1.807, 2.05) is 0 Å². The van der Waals surface area contributed by atoms with Gasteiger partial charge in [-0.2, -0.15) is 0 Å². The van der Waals surface area contributed by atoms with Crippen molar-refractivity contribution < 1.29 is 14.0 Å². The third kappa shape index (κ3) is 4.25. The predicted molar refractivity (Wildman–Crippen MR) is 94.5 cm³/mol. The standard InChI is InChI=1S/C17H22N4O3S/c1-2-3-9-14-19-20-17(25-14)18-15(22)12-7-4-5-10-21(12)16(23)13-8-6-11-24-13/h6,8,11-12H,2-5,7,9-10H2,1H3,(H,18,20,22). The largest absolute Gasteiger partial charge is 0.459 e. The van der Waals surface area contributed by atoms with Crippen LogP contribution in [0.2, 0.25) is 0 Å². The molecular weight excluding hydrogens is 340 g/mol. The smallest absolute Gasteiger partial charge is 0.290 e. The van der Waals surface area contributed by atoms with E-state index in [0.29, 0.717) is 18.1 Å². The fourth-order valence-corrected chi connectivity index (χ4v) is 3.70. The molecule has 0 saturated carbocycles. The van der Waals surface area contributed by atoms with Gasteiger partial charge in [0.05, 0.1) is 6.26 Å². The summed E-state index contributed by atoms with van der Waals surface area (Å²) in [5, 5.41) is 12.4. The average molecular weight is 362 g/mol. The first kappa shape index (κ1) is 17.6. The summed E-state index contributed by atoms with van der Waals surface area (Å²) in [5.41, 5.74) is 0. The number of rotatable bonds is 6. The highest BCUT2D eigenvalue weighted by Gasteiger charge is 2.34. The number of aryl methyl sites for hydroxylation is 1. The fraction of sp³-hybridized carbons (Fsp3) is 0.529. The molecule has 134 valence electrons. The van der Waals surface area contributed by atoms with Gasteiger partial charge in [-0.05, 0) is 37.8 Å². The van der Waals surface area contributed by atoms with Crippen LogP contribution < -0.4 is 5.32 Å². The Morgan fingerprint density at radius 3 is 3.04 bits per heavy atom. The number of carbonyl (C=O) groups is 2. The number of anilines is 1. The summed E-state index contributed by atoms with van der Waals surface area (Å²) in [5.74, 6) is -0.194. The molecular formula is C17H22N4O3S. The highest BCUT2D eigenvalue weighted by Crippen LogP contribution is 2.23. The van der Waals surface area contributed by atoms with E-state index >= 15 is 0 Å². The Labute approximate surface area is 150 Å². The number of nitrogens with one attached hydrogen (secondary N) is 1. The highest BCUT2D eigenvalue weighted by atomic mass is 32.1. The Morgan fingerprint density at radius 2 is 2.28 bits per heavy atom. The average Bonchev–Trinajstić information content (AvgIpc) is 3.31. The first-order chi connectivity index (χ1) is 12.2. The van der Waals surface area contributed by atoms with Crippen molar-refractivity contribution in [2.45, 2.75) is 51.5 Å². The summed E-state index contributed by atoms with van der Waals surface area (Å²) in [7, 11) is 0. The lowest BCUT2D eigenvalue weighted by atomic mass is 10.0. The van der Waals surface area contributed by atoms with Gasteiger partial charge in [0.15, 0.2) is 5.76 Å². The molecule has 0 radical (unpaired) electrons. The molecule has 1 aliphatic heterocycles. The van der Waals surface area contributed by atoms with Gasteiger partial charge in [-0.3, -0.25) is 14.9 Å². The van der Waals surface area contributed by atoms with E-state index in [4.69, 9.17) is 4.42 Å². The third-order valence-corrected chi connectivity index (χ3v) is 5.14. The van der Waals surface area contributed by atoms with E-state index in [1.165, 1.54) is 17.6 Å². The van der Waals surface area contributed by atoms with Crippen LogP contribution in [-0.4, -0.2) is 39.5 Å². The van der Waals surface area contributed by atoms with Crippen LogP contribution >= 0.6 is 11.3 Å². The summed E-state index contributed by atoms with van der Waals surface area (Å²) in [6.45, 7) is 2.67. The lowest BCUT2D eigenvalue weighted by Gasteiger charge is -2.33. The monoisotopic (exact) mass is 362 g/mol. The fourth-order valence-electron chi connectivity index (χ4n) is 2.91. The highest BCUT2D eigenvalue weighted by molar-refractivity contribution is 7.15. The molecule has 8 heteroatoms. The van der Waals surface area contributed by atoms with Crippen LogP contribution in [0.1, 0.15) is 54.6 Å². The summed E-state index contributed by atoms with van der Waals surface area (Å²) < 4.78 is 5.19. The van der Waals surface area contributed by atoms with Gasteiger partial charge in [0.1, 0.15) is 11.0 Å². The minimum atomic E-state index is -0.505. The molecule has 1 fully saturated rings. The van der Waals surface area contributed by atoms with Crippen LogP contribution in [0.4, 0.5) is 5.13 Å². The number of hydrogen-bond acceptors (Lipinski definition) is 6. The molecule has 1 atom stereocenters. The van der Waals surface area contributed by atoms with Gasteiger partial charge in [-0.25, -0.2) is 0 Å². The van der Waals surface area contributed by atoms with Crippen LogP contribution in [0, 0.1) is 0 Å². The molecule has 0 bridgehead atoms. The molecule has 7 nitrogen and oxygen atoms in total. The predicted octanol–water partition coefficient (Wildman–Crippen LogP) is 3.11. The molecule has 1 aliphatic rings. The van der Waals surface area contributed by atoms with E-state index in [1.54, 1.807) is 17.0 Å². The molecule has 1 N–H and O–H groups in total. The Hall–Kier alpha value is -2.22. The maximum absolute atomic E-state index is 12.7. The normalized spacial score (nSPS) is 17.5. The van der Waals surface area contributed by atoms with E-state index < -0.39 is 6.04 Å². The molecule has 3 rings (SSSR count). The molecule has 0 spiro atoms. The number of hydrogen-bond donors (Lipinski definition) is 1. The van der Waals surface area contributed by atoms with E-state index in [-0.39, 0.29) is 17.6 Å². The van der Waals surface area contributed by atoms with Crippen molar-refractivity contribution in [3.63, 3.8) is 0 Å². The lowest BCUT2D eigenvalue weighted by molar-refractivity contribution is -0.121. The van der Waals surface area contributed by atoms with Gasteiger partial charge >= 0.3 is 0 Å². The second kappa shape index (κ2) is 8.24. The molecule has 2 amide bonds. The quantitative estimate of drug-likeness (QED) is 0.853. The SMILES string of the molecule is CCCCc1nnc(NC(=O)C2CCCCN2C(=O)c2ccco2)s1. The molecule has 25 heavy (non-hydrogen) atoms. The zero-order valence-electron chi connectivity index (χ0n) is 14.2.